The molecule has 3 aromatic rings. The highest BCUT2D eigenvalue weighted by molar-refractivity contribution is 7.97. The van der Waals surface area contributed by atoms with Crippen molar-refractivity contribution < 1.29 is 4.79 Å². The SMILES string of the molecule is CCC(C)(C)C(=O)Cc1ccc([S+](c2ccccc2)c2ccccc2)cc1. The molecule has 0 aliphatic carbocycles. The summed E-state index contributed by atoms with van der Waals surface area (Å²) < 4.78 is 0. The zero-order valence-corrected chi connectivity index (χ0v) is 17.1. The minimum Gasteiger partial charge on any atom is -0.299 e. The molecular weight excluding hydrogens is 348 g/mol. The molecule has 0 spiro atoms. The van der Waals surface area contributed by atoms with Crippen LogP contribution in [0.1, 0.15) is 32.8 Å². The van der Waals surface area contributed by atoms with E-state index in [1.54, 1.807) is 0 Å². The van der Waals surface area contributed by atoms with Crippen molar-refractivity contribution >= 4 is 16.7 Å². The molecule has 138 valence electrons. The molecule has 0 amide bonds. The molecular formula is C25H27OS+. The van der Waals surface area contributed by atoms with Gasteiger partial charge in [-0.2, -0.15) is 0 Å². The molecule has 0 bridgehead atoms. The van der Waals surface area contributed by atoms with Crippen LogP contribution in [-0.4, -0.2) is 5.78 Å². The lowest BCUT2D eigenvalue weighted by Gasteiger charge is -2.20. The second-order valence-electron chi connectivity index (χ2n) is 7.41. The first-order chi connectivity index (χ1) is 13.0. The van der Waals surface area contributed by atoms with Crippen molar-refractivity contribution in [2.75, 3.05) is 0 Å². The van der Waals surface area contributed by atoms with Crippen LogP contribution in [-0.2, 0) is 22.1 Å². The quantitative estimate of drug-likeness (QED) is 0.441. The Bertz CT molecular complexity index is 828. The maximum Gasteiger partial charge on any atom is 0.166 e. The highest BCUT2D eigenvalue weighted by atomic mass is 32.2. The summed E-state index contributed by atoms with van der Waals surface area (Å²) in [5.41, 5.74) is 0.840. The van der Waals surface area contributed by atoms with Crippen LogP contribution in [0, 0.1) is 5.41 Å². The van der Waals surface area contributed by atoms with Crippen molar-refractivity contribution in [3.63, 3.8) is 0 Å². The molecule has 0 unspecified atom stereocenters. The predicted octanol–water partition coefficient (Wildman–Crippen LogP) is 6.33. The summed E-state index contributed by atoms with van der Waals surface area (Å²) in [6.07, 6.45) is 1.38. The summed E-state index contributed by atoms with van der Waals surface area (Å²) in [4.78, 5) is 16.4. The van der Waals surface area contributed by atoms with Crippen molar-refractivity contribution in [2.45, 2.75) is 48.3 Å². The van der Waals surface area contributed by atoms with Gasteiger partial charge in [-0.25, -0.2) is 0 Å². The van der Waals surface area contributed by atoms with Crippen molar-refractivity contribution in [3.05, 3.63) is 90.5 Å². The highest BCUT2D eigenvalue weighted by Crippen LogP contribution is 2.31. The third-order valence-electron chi connectivity index (χ3n) is 5.12. The van der Waals surface area contributed by atoms with Crippen LogP contribution in [0.15, 0.2) is 99.6 Å². The van der Waals surface area contributed by atoms with Gasteiger partial charge in [0.15, 0.2) is 14.7 Å². The zero-order chi connectivity index (χ0) is 19.3. The molecule has 0 atom stereocenters. The van der Waals surface area contributed by atoms with Crippen molar-refractivity contribution in [3.8, 4) is 0 Å². The van der Waals surface area contributed by atoms with E-state index in [-0.39, 0.29) is 16.3 Å². The highest BCUT2D eigenvalue weighted by Gasteiger charge is 2.29. The second-order valence-corrected chi connectivity index (χ2v) is 9.44. The number of hydrogen-bond acceptors (Lipinski definition) is 1. The molecule has 3 aromatic carbocycles. The van der Waals surface area contributed by atoms with Gasteiger partial charge in [-0.1, -0.05) is 69.3 Å². The van der Waals surface area contributed by atoms with Crippen LogP contribution in [0.5, 0.6) is 0 Å². The summed E-state index contributed by atoms with van der Waals surface area (Å²) in [7, 11) is -0.139. The Morgan fingerprint density at radius 3 is 1.63 bits per heavy atom. The molecule has 2 heteroatoms. The molecule has 0 aliphatic heterocycles. The monoisotopic (exact) mass is 375 g/mol. The maximum absolute atomic E-state index is 12.5. The number of benzene rings is 3. The number of carbonyl (C=O) groups is 1. The van der Waals surface area contributed by atoms with Crippen LogP contribution in [0.4, 0.5) is 0 Å². The minimum atomic E-state index is -0.253. The van der Waals surface area contributed by atoms with E-state index in [4.69, 9.17) is 0 Å². The lowest BCUT2D eigenvalue weighted by atomic mass is 9.82. The largest absolute Gasteiger partial charge is 0.299 e. The summed E-state index contributed by atoms with van der Waals surface area (Å²) in [5, 5.41) is 0. The molecule has 0 radical (unpaired) electrons. The fraction of sp³-hybridized carbons (Fsp3) is 0.240. The summed E-state index contributed by atoms with van der Waals surface area (Å²) >= 11 is 0. The van der Waals surface area contributed by atoms with Gasteiger partial charge in [0.05, 0.1) is 10.9 Å². The van der Waals surface area contributed by atoms with E-state index in [1.165, 1.54) is 14.7 Å². The van der Waals surface area contributed by atoms with Crippen molar-refractivity contribution in [1.82, 2.24) is 0 Å². The van der Waals surface area contributed by atoms with E-state index >= 15 is 0 Å². The first kappa shape index (κ1) is 19.4. The number of carbonyl (C=O) groups excluding carboxylic acids is 1. The van der Waals surface area contributed by atoms with Gasteiger partial charge in [0.1, 0.15) is 5.78 Å². The standard InChI is InChI=1S/C25H27OS/c1-4-25(2,3)24(26)19-20-15-17-23(18-16-20)27(21-11-7-5-8-12-21)22-13-9-6-10-14-22/h5-18H,4,19H2,1-3H3/q+1. The first-order valence-electron chi connectivity index (χ1n) is 9.48. The van der Waals surface area contributed by atoms with E-state index in [0.717, 1.165) is 12.0 Å². The van der Waals surface area contributed by atoms with Gasteiger partial charge in [0.25, 0.3) is 0 Å². The summed E-state index contributed by atoms with van der Waals surface area (Å²) in [6.45, 7) is 6.14. The molecule has 1 nitrogen and oxygen atoms in total. The maximum atomic E-state index is 12.5. The fourth-order valence-corrected chi connectivity index (χ4v) is 4.97. The lowest BCUT2D eigenvalue weighted by Crippen LogP contribution is -2.25. The predicted molar refractivity (Wildman–Crippen MR) is 114 cm³/mol. The number of hydrogen-bond donors (Lipinski definition) is 0. The van der Waals surface area contributed by atoms with E-state index in [1.807, 2.05) is 13.8 Å². The Kier molecular flexibility index (Phi) is 6.18. The zero-order valence-electron chi connectivity index (χ0n) is 16.3. The number of Topliss-reactive ketones (excluding diaryl/α,β-unsaturated/α-hetero) is 1. The molecule has 0 aliphatic rings. The van der Waals surface area contributed by atoms with E-state index < -0.39 is 0 Å². The second kappa shape index (κ2) is 8.58. The van der Waals surface area contributed by atoms with Crippen LogP contribution in [0.3, 0.4) is 0 Å². The molecule has 0 saturated carbocycles. The fourth-order valence-electron chi connectivity index (χ4n) is 2.89. The third-order valence-corrected chi connectivity index (χ3v) is 7.35. The normalized spacial score (nSPS) is 11.6. The Hall–Kier alpha value is -2.32. The molecule has 0 heterocycles. The van der Waals surface area contributed by atoms with Gasteiger partial charge < -0.3 is 0 Å². The van der Waals surface area contributed by atoms with Gasteiger partial charge in [-0.3, -0.25) is 4.79 Å². The van der Waals surface area contributed by atoms with Gasteiger partial charge in [-0.15, -0.1) is 0 Å². The van der Waals surface area contributed by atoms with Crippen LogP contribution in [0.25, 0.3) is 0 Å². The van der Waals surface area contributed by atoms with E-state index in [0.29, 0.717) is 12.2 Å². The Balaban J connectivity index is 1.90. The molecule has 3 rings (SSSR count). The topological polar surface area (TPSA) is 17.1 Å². The average molecular weight is 376 g/mol. The molecule has 0 fully saturated rings. The molecule has 0 N–H and O–H groups in total. The third kappa shape index (κ3) is 4.70. The Morgan fingerprint density at radius 2 is 1.19 bits per heavy atom. The summed E-state index contributed by atoms with van der Waals surface area (Å²) in [6, 6.07) is 29.9. The van der Waals surface area contributed by atoms with E-state index in [2.05, 4.69) is 91.9 Å². The van der Waals surface area contributed by atoms with Crippen molar-refractivity contribution in [2.24, 2.45) is 5.41 Å². The Morgan fingerprint density at radius 1 is 0.741 bits per heavy atom. The molecule has 0 saturated heterocycles. The first-order valence-corrected chi connectivity index (χ1v) is 10.7. The molecule has 27 heavy (non-hydrogen) atoms. The minimum absolute atomic E-state index is 0.139. The van der Waals surface area contributed by atoms with Gasteiger partial charge in [0.2, 0.25) is 0 Å². The van der Waals surface area contributed by atoms with Crippen LogP contribution >= 0.6 is 0 Å². The van der Waals surface area contributed by atoms with E-state index in [9.17, 15) is 4.79 Å². The average Bonchev–Trinajstić information content (AvgIpc) is 2.71. The van der Waals surface area contributed by atoms with Gasteiger partial charge in [-0.05, 0) is 48.4 Å². The smallest absolute Gasteiger partial charge is 0.166 e. The lowest BCUT2D eigenvalue weighted by molar-refractivity contribution is -0.126. The molecule has 0 aromatic heterocycles. The van der Waals surface area contributed by atoms with Crippen molar-refractivity contribution in [1.29, 1.82) is 0 Å². The Labute approximate surface area is 165 Å². The summed E-state index contributed by atoms with van der Waals surface area (Å²) in [5.74, 6) is 0.308. The van der Waals surface area contributed by atoms with Crippen LogP contribution < -0.4 is 0 Å². The van der Waals surface area contributed by atoms with Crippen LogP contribution in [0.2, 0.25) is 0 Å². The van der Waals surface area contributed by atoms with Gasteiger partial charge in [0, 0.05) is 11.8 Å². The van der Waals surface area contributed by atoms with Gasteiger partial charge >= 0.3 is 0 Å². The number of rotatable bonds is 7. The number of ketones is 1.